The number of hydrogen-bond acceptors (Lipinski definition) is 5. The largest absolute Gasteiger partial charge is 0.472 e. The quantitative estimate of drug-likeness (QED) is 0.617. The van der Waals surface area contributed by atoms with E-state index >= 15 is 0 Å². The van der Waals surface area contributed by atoms with Crippen molar-refractivity contribution < 1.29 is 18.4 Å². The number of rotatable bonds is 6. The second-order valence-electron chi connectivity index (χ2n) is 6.93. The summed E-state index contributed by atoms with van der Waals surface area (Å²) in [7, 11) is 0. The summed E-state index contributed by atoms with van der Waals surface area (Å²) in [6.07, 6.45) is 5.94. The third-order valence-electron chi connectivity index (χ3n) is 4.98. The molecule has 0 bridgehead atoms. The maximum atomic E-state index is 12.7. The predicted molar refractivity (Wildman–Crippen MR) is 110 cm³/mol. The third kappa shape index (κ3) is 4.74. The summed E-state index contributed by atoms with van der Waals surface area (Å²) < 4.78 is 10.4. The number of carbonyl (C=O) groups is 2. The Kier molecular flexibility index (Phi) is 6.05. The van der Waals surface area contributed by atoms with E-state index in [-0.39, 0.29) is 17.9 Å². The van der Waals surface area contributed by atoms with Crippen molar-refractivity contribution in [1.29, 1.82) is 0 Å². The van der Waals surface area contributed by atoms with Gasteiger partial charge in [-0.2, -0.15) is 0 Å². The van der Waals surface area contributed by atoms with Gasteiger partial charge in [-0.25, -0.2) is 0 Å². The van der Waals surface area contributed by atoms with Gasteiger partial charge in [-0.15, -0.1) is 11.8 Å². The highest BCUT2D eigenvalue weighted by molar-refractivity contribution is 7.98. The third-order valence-corrected chi connectivity index (χ3v) is 6.04. The zero-order valence-electron chi connectivity index (χ0n) is 15.9. The molecule has 0 spiro atoms. The summed E-state index contributed by atoms with van der Waals surface area (Å²) in [4.78, 5) is 28.0. The summed E-state index contributed by atoms with van der Waals surface area (Å²) in [5, 5.41) is 3.06. The lowest BCUT2D eigenvalue weighted by atomic mass is 10.0. The van der Waals surface area contributed by atoms with Gasteiger partial charge in [-0.3, -0.25) is 9.59 Å². The van der Waals surface area contributed by atoms with Gasteiger partial charge in [-0.1, -0.05) is 18.2 Å². The van der Waals surface area contributed by atoms with E-state index < -0.39 is 0 Å². The summed E-state index contributed by atoms with van der Waals surface area (Å²) in [6, 6.07) is 13.6. The lowest BCUT2D eigenvalue weighted by Crippen LogP contribution is -2.46. The van der Waals surface area contributed by atoms with E-state index in [1.54, 1.807) is 29.0 Å². The molecule has 1 aromatic carbocycles. The van der Waals surface area contributed by atoms with Gasteiger partial charge in [0.05, 0.1) is 18.1 Å². The molecule has 1 N–H and O–H groups in total. The molecule has 2 amide bonds. The summed E-state index contributed by atoms with van der Waals surface area (Å²) in [5.74, 6) is 0.805. The first-order valence-corrected chi connectivity index (χ1v) is 10.6. The number of thioether (sulfide) groups is 1. The Morgan fingerprint density at radius 2 is 1.86 bits per heavy atom. The van der Waals surface area contributed by atoms with Crippen LogP contribution >= 0.6 is 11.8 Å². The standard InChI is InChI=1S/C22H22N2O4S/c25-21(20-17(9-13-28-20)15-29-19-4-2-1-3-5-19)23-18-6-10-24(11-7-18)22(26)16-8-12-27-14-16/h1-5,8-9,12-14,18H,6-7,10-11,15H2,(H,23,25). The van der Waals surface area contributed by atoms with Crippen molar-refractivity contribution >= 4 is 23.6 Å². The fraction of sp³-hybridized carbons (Fsp3) is 0.273. The van der Waals surface area contributed by atoms with Crippen LogP contribution in [0.2, 0.25) is 0 Å². The van der Waals surface area contributed by atoms with E-state index in [4.69, 9.17) is 8.83 Å². The second kappa shape index (κ2) is 9.05. The van der Waals surface area contributed by atoms with Crippen molar-refractivity contribution in [1.82, 2.24) is 10.2 Å². The number of piperidine rings is 1. The molecule has 6 nitrogen and oxygen atoms in total. The molecule has 0 unspecified atom stereocenters. The molecule has 0 radical (unpaired) electrons. The second-order valence-corrected chi connectivity index (χ2v) is 7.98. The molecular formula is C22H22N2O4S. The zero-order valence-corrected chi connectivity index (χ0v) is 16.7. The summed E-state index contributed by atoms with van der Waals surface area (Å²) in [5.41, 5.74) is 1.44. The van der Waals surface area contributed by atoms with Gasteiger partial charge in [0.2, 0.25) is 0 Å². The van der Waals surface area contributed by atoms with Crippen LogP contribution in [0.4, 0.5) is 0 Å². The van der Waals surface area contributed by atoms with E-state index in [2.05, 4.69) is 5.32 Å². The van der Waals surface area contributed by atoms with Gasteiger partial charge >= 0.3 is 0 Å². The van der Waals surface area contributed by atoms with Gasteiger partial charge in [0.25, 0.3) is 11.8 Å². The number of likely N-dealkylation sites (tertiary alicyclic amines) is 1. The molecular weight excluding hydrogens is 388 g/mol. The molecule has 0 aliphatic carbocycles. The minimum Gasteiger partial charge on any atom is -0.472 e. The van der Waals surface area contributed by atoms with Crippen LogP contribution < -0.4 is 5.32 Å². The van der Waals surface area contributed by atoms with E-state index in [0.717, 1.165) is 10.5 Å². The molecule has 4 rings (SSSR count). The molecule has 0 atom stereocenters. The predicted octanol–water partition coefficient (Wildman–Crippen LogP) is 4.20. The van der Waals surface area contributed by atoms with Crippen LogP contribution in [0.5, 0.6) is 0 Å². The Balaban J connectivity index is 1.29. The molecule has 1 saturated heterocycles. The molecule has 7 heteroatoms. The van der Waals surface area contributed by atoms with E-state index in [1.807, 2.05) is 36.4 Å². The van der Waals surface area contributed by atoms with Crippen molar-refractivity contribution in [2.75, 3.05) is 13.1 Å². The number of nitrogens with zero attached hydrogens (tertiary/aromatic N) is 1. The van der Waals surface area contributed by atoms with E-state index in [9.17, 15) is 9.59 Å². The maximum absolute atomic E-state index is 12.7. The smallest absolute Gasteiger partial charge is 0.287 e. The van der Waals surface area contributed by atoms with Gasteiger partial charge in [0.1, 0.15) is 6.26 Å². The molecule has 29 heavy (non-hydrogen) atoms. The van der Waals surface area contributed by atoms with Gasteiger partial charge in [0, 0.05) is 35.3 Å². The zero-order chi connectivity index (χ0) is 20.1. The maximum Gasteiger partial charge on any atom is 0.287 e. The van der Waals surface area contributed by atoms with Crippen molar-refractivity contribution in [2.24, 2.45) is 0 Å². The molecule has 150 valence electrons. The van der Waals surface area contributed by atoms with Gasteiger partial charge in [0.15, 0.2) is 5.76 Å². The molecule has 2 aromatic heterocycles. The van der Waals surface area contributed by atoms with Crippen molar-refractivity contribution in [3.63, 3.8) is 0 Å². The Hall–Kier alpha value is -2.93. The molecule has 3 aromatic rings. The average Bonchev–Trinajstić information content (AvgIpc) is 3.45. The van der Waals surface area contributed by atoms with Crippen molar-refractivity contribution in [3.8, 4) is 0 Å². The van der Waals surface area contributed by atoms with Crippen LogP contribution in [-0.2, 0) is 5.75 Å². The van der Waals surface area contributed by atoms with Crippen LogP contribution in [0, 0.1) is 0 Å². The molecule has 3 heterocycles. The monoisotopic (exact) mass is 410 g/mol. The number of benzene rings is 1. The van der Waals surface area contributed by atoms with Gasteiger partial charge in [-0.05, 0) is 37.1 Å². The summed E-state index contributed by atoms with van der Waals surface area (Å²) in [6.45, 7) is 1.20. The summed E-state index contributed by atoms with van der Waals surface area (Å²) >= 11 is 1.67. The lowest BCUT2D eigenvalue weighted by molar-refractivity contribution is 0.0695. The number of carbonyl (C=O) groups excluding carboxylic acids is 2. The highest BCUT2D eigenvalue weighted by Gasteiger charge is 2.26. The topological polar surface area (TPSA) is 75.7 Å². The SMILES string of the molecule is O=C(NC1CCN(C(=O)c2ccoc2)CC1)c1occc1CSc1ccccc1. The average molecular weight is 410 g/mol. The number of nitrogens with one attached hydrogen (secondary N) is 1. The molecule has 1 aliphatic heterocycles. The van der Waals surface area contributed by atoms with Crippen LogP contribution in [0.1, 0.15) is 39.3 Å². The van der Waals surface area contributed by atoms with Crippen LogP contribution in [-0.4, -0.2) is 35.8 Å². The van der Waals surface area contributed by atoms with Crippen LogP contribution in [0.25, 0.3) is 0 Å². The fourth-order valence-electron chi connectivity index (χ4n) is 3.37. The lowest BCUT2D eigenvalue weighted by Gasteiger charge is -2.32. The van der Waals surface area contributed by atoms with E-state index in [0.29, 0.717) is 43.0 Å². The van der Waals surface area contributed by atoms with Crippen LogP contribution in [0.15, 0.2) is 75.0 Å². The number of amides is 2. The van der Waals surface area contributed by atoms with Crippen molar-refractivity contribution in [3.05, 3.63) is 78.1 Å². The van der Waals surface area contributed by atoms with Crippen molar-refractivity contribution in [2.45, 2.75) is 29.5 Å². The van der Waals surface area contributed by atoms with Crippen LogP contribution in [0.3, 0.4) is 0 Å². The Morgan fingerprint density at radius 1 is 1.07 bits per heavy atom. The minimum absolute atomic E-state index is 0.0237. The first-order chi connectivity index (χ1) is 14.2. The minimum atomic E-state index is -0.196. The van der Waals surface area contributed by atoms with Gasteiger partial charge < -0.3 is 19.1 Å². The Bertz CT molecular complexity index is 944. The molecule has 0 saturated carbocycles. The highest BCUT2D eigenvalue weighted by atomic mass is 32.2. The fourth-order valence-corrected chi connectivity index (χ4v) is 4.27. The Morgan fingerprint density at radius 3 is 2.59 bits per heavy atom. The van der Waals surface area contributed by atoms with E-state index in [1.165, 1.54) is 12.5 Å². The molecule has 1 aliphatic rings. The number of hydrogen-bond donors (Lipinski definition) is 1. The first kappa shape index (κ1) is 19.4. The normalized spacial score (nSPS) is 14.7. The molecule has 1 fully saturated rings. The number of furan rings is 2. The Labute approximate surface area is 173 Å². The first-order valence-electron chi connectivity index (χ1n) is 9.57. The highest BCUT2D eigenvalue weighted by Crippen LogP contribution is 2.25.